The molecule has 0 atom stereocenters. The average Bonchev–Trinajstić information content (AvgIpc) is 1.61. The minimum Gasteiger partial charge on any atom is -0.358 e. The van der Waals surface area contributed by atoms with Gasteiger partial charge in [-0.2, -0.15) is 0 Å². The van der Waals surface area contributed by atoms with Gasteiger partial charge < -0.3 is 17.2 Å². The van der Waals surface area contributed by atoms with Gasteiger partial charge in [0.1, 0.15) is 0 Å². The van der Waals surface area contributed by atoms with Crippen LogP contribution in [0.2, 0.25) is 0 Å². The zero-order valence-electron chi connectivity index (χ0n) is 8.31. The van der Waals surface area contributed by atoms with Crippen LogP contribution < -0.4 is 18.9 Å². The molecule has 0 bridgehead atoms. The van der Waals surface area contributed by atoms with Gasteiger partial charge in [-0.25, -0.2) is 0 Å². The van der Waals surface area contributed by atoms with Crippen molar-refractivity contribution in [3.05, 3.63) is 7.43 Å². The van der Waals surface area contributed by atoms with Gasteiger partial charge in [-0.1, -0.05) is 0 Å². The molecule has 0 fully saturated rings. The Morgan fingerprint density at radius 1 is 0.800 bits per heavy atom. The van der Waals surface area contributed by atoms with Crippen LogP contribution in [-0.2, 0) is 0 Å². The summed E-state index contributed by atoms with van der Waals surface area (Å²) in [5, 5.41) is 0. The first-order chi connectivity index (χ1) is 3.63. The average molecular weight is 138 g/mol. The second-order valence-corrected chi connectivity index (χ2v) is 2.61. The molecule has 0 saturated heterocycles. The van der Waals surface area contributed by atoms with Crippen LogP contribution in [0.4, 0.5) is 0 Å². The van der Waals surface area contributed by atoms with Crippen molar-refractivity contribution < 1.29 is 18.9 Å². The minimum absolute atomic E-state index is 0. The first kappa shape index (κ1) is 16.9. The summed E-state index contributed by atoms with van der Waals surface area (Å²) in [7, 11) is 8.35. The molecule has 58 valence electrons. The van der Waals surface area contributed by atoms with E-state index in [-0.39, 0.29) is 26.3 Å². The first-order valence-electron chi connectivity index (χ1n) is 2.92. The normalized spacial score (nSPS) is 9.00. The van der Waals surface area contributed by atoms with Crippen LogP contribution in [-0.4, -0.2) is 51.1 Å². The van der Waals surface area contributed by atoms with Crippen molar-refractivity contribution in [3.63, 3.8) is 0 Å². The summed E-state index contributed by atoms with van der Waals surface area (Å²) in [4.78, 5) is 4.36. The van der Waals surface area contributed by atoms with Gasteiger partial charge in [-0.05, 0) is 28.2 Å². The Labute approximate surface area is 77.8 Å². The summed E-state index contributed by atoms with van der Waals surface area (Å²) in [5.41, 5.74) is 0. The van der Waals surface area contributed by atoms with Crippen LogP contribution in [0.1, 0.15) is 0 Å². The van der Waals surface area contributed by atoms with E-state index in [2.05, 4.69) is 38.0 Å². The van der Waals surface area contributed by atoms with Crippen molar-refractivity contribution in [2.75, 3.05) is 41.3 Å². The van der Waals surface area contributed by atoms with Crippen LogP contribution in [0.25, 0.3) is 0 Å². The Morgan fingerprint density at radius 3 is 1.10 bits per heavy atom. The SMILES string of the molecule is CN(C)CCN(C)C.[CH3-].[Li+]. The van der Waals surface area contributed by atoms with Gasteiger partial charge in [-0.3, -0.25) is 0 Å². The van der Waals surface area contributed by atoms with Crippen LogP contribution in [0.15, 0.2) is 0 Å². The maximum Gasteiger partial charge on any atom is 1.00 e. The van der Waals surface area contributed by atoms with Gasteiger partial charge in [0, 0.05) is 13.1 Å². The largest absolute Gasteiger partial charge is 1.00 e. The van der Waals surface area contributed by atoms with E-state index in [0.29, 0.717) is 0 Å². The Bertz CT molecular complexity index is 47.6. The molecule has 0 aliphatic heterocycles. The van der Waals surface area contributed by atoms with Crippen molar-refractivity contribution >= 4 is 0 Å². The molecule has 0 unspecified atom stereocenters. The maximum atomic E-state index is 2.18. The molecule has 0 radical (unpaired) electrons. The molecule has 0 N–H and O–H groups in total. The molecule has 0 aromatic rings. The predicted molar refractivity (Wildman–Crippen MR) is 43.5 cm³/mol. The first-order valence-corrected chi connectivity index (χ1v) is 2.92. The van der Waals surface area contributed by atoms with E-state index in [0.717, 1.165) is 13.1 Å². The van der Waals surface area contributed by atoms with Crippen molar-refractivity contribution in [1.82, 2.24) is 9.80 Å². The van der Waals surface area contributed by atoms with Crippen LogP contribution in [0, 0.1) is 7.43 Å². The molecule has 0 aromatic carbocycles. The molecule has 0 saturated carbocycles. The Morgan fingerprint density at radius 2 is 1.00 bits per heavy atom. The number of hydrogen-bond acceptors (Lipinski definition) is 2. The van der Waals surface area contributed by atoms with Crippen LogP contribution in [0.5, 0.6) is 0 Å². The second-order valence-electron chi connectivity index (χ2n) is 2.61. The Kier molecular flexibility index (Phi) is 16.0. The van der Waals surface area contributed by atoms with Crippen LogP contribution in [0.3, 0.4) is 0 Å². The standard InChI is InChI=1S/C6H16N2.CH3.Li/c1-7(2)5-6-8(3)4;;/h5-6H2,1-4H3;1H3;/q;-1;+1. The minimum atomic E-state index is 0. The fourth-order valence-corrected chi connectivity index (χ4v) is 0.400. The van der Waals surface area contributed by atoms with Gasteiger partial charge in [0.2, 0.25) is 0 Å². The summed E-state index contributed by atoms with van der Waals surface area (Å²) in [6.07, 6.45) is 0. The molecular weight excluding hydrogens is 119 g/mol. The third kappa shape index (κ3) is 15.8. The molecule has 0 spiro atoms. The molecule has 0 aliphatic rings. The summed E-state index contributed by atoms with van der Waals surface area (Å²) in [6, 6.07) is 0. The van der Waals surface area contributed by atoms with Crippen molar-refractivity contribution in [1.29, 1.82) is 0 Å². The van der Waals surface area contributed by atoms with E-state index in [1.54, 1.807) is 0 Å². The van der Waals surface area contributed by atoms with Gasteiger partial charge >= 0.3 is 18.9 Å². The Balaban J connectivity index is -0.000000245. The molecule has 10 heavy (non-hydrogen) atoms. The number of hydrogen-bond donors (Lipinski definition) is 0. The predicted octanol–water partition coefficient (Wildman–Crippen LogP) is -2.44. The van der Waals surface area contributed by atoms with Crippen molar-refractivity contribution in [2.45, 2.75) is 0 Å². The van der Waals surface area contributed by atoms with Crippen molar-refractivity contribution in [3.8, 4) is 0 Å². The third-order valence-corrected chi connectivity index (χ3v) is 0.994. The molecule has 0 aliphatic carbocycles. The van der Waals surface area contributed by atoms with E-state index in [4.69, 9.17) is 0 Å². The van der Waals surface area contributed by atoms with E-state index in [1.807, 2.05) is 0 Å². The number of rotatable bonds is 3. The quantitative estimate of drug-likeness (QED) is 0.316. The monoisotopic (exact) mass is 138 g/mol. The molecule has 2 nitrogen and oxygen atoms in total. The summed E-state index contributed by atoms with van der Waals surface area (Å²) in [5.74, 6) is 0. The molecule has 3 heteroatoms. The Hall–Kier alpha value is 0.517. The van der Waals surface area contributed by atoms with E-state index >= 15 is 0 Å². The molecular formula is C7H19LiN2. The van der Waals surface area contributed by atoms with Gasteiger partial charge in [0.15, 0.2) is 0 Å². The van der Waals surface area contributed by atoms with E-state index in [1.165, 1.54) is 0 Å². The molecule has 0 rings (SSSR count). The fourth-order valence-electron chi connectivity index (χ4n) is 0.400. The zero-order valence-corrected chi connectivity index (χ0v) is 8.31. The molecule has 0 aromatic heterocycles. The topological polar surface area (TPSA) is 6.48 Å². The van der Waals surface area contributed by atoms with Gasteiger partial charge in [0.05, 0.1) is 0 Å². The van der Waals surface area contributed by atoms with Crippen molar-refractivity contribution in [2.24, 2.45) is 0 Å². The maximum absolute atomic E-state index is 2.18. The molecule has 0 amide bonds. The number of likely N-dealkylation sites (N-methyl/N-ethyl adjacent to an activating group) is 2. The van der Waals surface area contributed by atoms with Gasteiger partial charge in [0.25, 0.3) is 0 Å². The zero-order chi connectivity index (χ0) is 6.57. The smallest absolute Gasteiger partial charge is 0.358 e. The summed E-state index contributed by atoms with van der Waals surface area (Å²) in [6.45, 7) is 2.29. The van der Waals surface area contributed by atoms with Gasteiger partial charge in [-0.15, -0.1) is 0 Å². The molecule has 0 heterocycles. The van der Waals surface area contributed by atoms with E-state index in [9.17, 15) is 0 Å². The summed E-state index contributed by atoms with van der Waals surface area (Å²) < 4.78 is 0. The second kappa shape index (κ2) is 9.52. The third-order valence-electron chi connectivity index (χ3n) is 0.994. The number of nitrogens with zero attached hydrogens (tertiary/aromatic N) is 2. The van der Waals surface area contributed by atoms with Crippen LogP contribution >= 0.6 is 0 Å². The summed E-state index contributed by atoms with van der Waals surface area (Å²) >= 11 is 0. The van der Waals surface area contributed by atoms with E-state index < -0.39 is 0 Å². The fraction of sp³-hybridized carbons (Fsp3) is 0.857.